The maximum atomic E-state index is 12.1. The molecule has 2 aliphatic rings. The maximum absolute atomic E-state index is 12.1. The van der Waals surface area contributed by atoms with Crippen molar-refractivity contribution in [3.63, 3.8) is 0 Å². The fourth-order valence-electron chi connectivity index (χ4n) is 2.62. The minimum atomic E-state index is 0.0171. The lowest BCUT2D eigenvalue weighted by molar-refractivity contribution is -0.124. The number of hydrogen-bond donors (Lipinski definition) is 1. The Morgan fingerprint density at radius 3 is 2.57 bits per heavy atom. The van der Waals surface area contributed by atoms with Gasteiger partial charge in [-0.05, 0) is 31.4 Å². The van der Waals surface area contributed by atoms with Gasteiger partial charge >= 0.3 is 0 Å². The lowest BCUT2D eigenvalue weighted by atomic mass is 9.92. The Balaban J connectivity index is 1.61. The summed E-state index contributed by atoms with van der Waals surface area (Å²) in [6.45, 7) is 8.02. The third-order valence-electron chi connectivity index (χ3n) is 4.23. The van der Waals surface area contributed by atoms with Crippen molar-refractivity contribution in [2.24, 2.45) is 5.92 Å². The Morgan fingerprint density at radius 1 is 1.24 bits per heavy atom. The van der Waals surface area contributed by atoms with Crippen LogP contribution in [-0.2, 0) is 10.2 Å². The van der Waals surface area contributed by atoms with Gasteiger partial charge in [-0.25, -0.2) is 0 Å². The van der Waals surface area contributed by atoms with E-state index in [-0.39, 0.29) is 17.2 Å². The highest BCUT2D eigenvalue weighted by molar-refractivity contribution is 5.80. The molecular formula is C16H24N4O. The molecule has 1 aliphatic heterocycles. The SMILES string of the molecule is CC(C)(C)c1ccc(N2CCC(C(=O)NC3CC3)C2)nn1. The minimum Gasteiger partial charge on any atom is -0.354 e. The van der Waals surface area contributed by atoms with Gasteiger partial charge < -0.3 is 10.2 Å². The second-order valence-corrected chi connectivity index (χ2v) is 7.24. The van der Waals surface area contributed by atoms with Crippen LogP contribution in [0.4, 0.5) is 5.82 Å². The van der Waals surface area contributed by atoms with E-state index in [0.717, 1.165) is 43.9 Å². The average molecular weight is 288 g/mol. The zero-order chi connectivity index (χ0) is 15.0. The monoisotopic (exact) mass is 288 g/mol. The van der Waals surface area contributed by atoms with Gasteiger partial charge in [0.25, 0.3) is 0 Å². The largest absolute Gasteiger partial charge is 0.354 e. The molecule has 0 spiro atoms. The molecule has 0 radical (unpaired) electrons. The van der Waals surface area contributed by atoms with Crippen LogP contribution in [0.25, 0.3) is 0 Å². The number of anilines is 1. The molecule has 21 heavy (non-hydrogen) atoms. The van der Waals surface area contributed by atoms with E-state index in [1.54, 1.807) is 0 Å². The third-order valence-corrected chi connectivity index (χ3v) is 4.23. The third kappa shape index (κ3) is 3.34. The van der Waals surface area contributed by atoms with Crippen LogP contribution >= 0.6 is 0 Å². The number of aromatic nitrogens is 2. The fraction of sp³-hybridized carbons (Fsp3) is 0.688. The van der Waals surface area contributed by atoms with Crippen molar-refractivity contribution in [1.29, 1.82) is 0 Å². The Labute approximate surface area is 126 Å². The van der Waals surface area contributed by atoms with Crippen LogP contribution in [0.3, 0.4) is 0 Å². The summed E-state index contributed by atoms with van der Waals surface area (Å²) in [5.74, 6) is 1.18. The number of carbonyl (C=O) groups is 1. The maximum Gasteiger partial charge on any atom is 0.225 e. The van der Waals surface area contributed by atoms with Crippen molar-refractivity contribution >= 4 is 11.7 Å². The smallest absolute Gasteiger partial charge is 0.225 e. The average Bonchev–Trinajstić information content (AvgIpc) is 3.11. The van der Waals surface area contributed by atoms with E-state index in [0.29, 0.717) is 6.04 Å². The zero-order valence-electron chi connectivity index (χ0n) is 13.1. The van der Waals surface area contributed by atoms with E-state index in [4.69, 9.17) is 0 Å². The van der Waals surface area contributed by atoms with Crippen LogP contribution in [0.5, 0.6) is 0 Å². The van der Waals surface area contributed by atoms with E-state index in [2.05, 4.69) is 41.2 Å². The van der Waals surface area contributed by atoms with Gasteiger partial charge in [-0.3, -0.25) is 4.79 Å². The number of nitrogens with one attached hydrogen (secondary N) is 1. The summed E-state index contributed by atoms with van der Waals surface area (Å²) in [5.41, 5.74) is 1.01. The van der Waals surface area contributed by atoms with Crippen LogP contribution in [0, 0.1) is 5.92 Å². The summed E-state index contributed by atoms with van der Waals surface area (Å²) in [5, 5.41) is 11.8. The number of nitrogens with zero attached hydrogens (tertiary/aromatic N) is 3. The molecule has 2 fully saturated rings. The zero-order valence-corrected chi connectivity index (χ0v) is 13.1. The summed E-state index contributed by atoms with van der Waals surface area (Å²) in [6, 6.07) is 4.51. The molecule has 3 rings (SSSR count). The van der Waals surface area contributed by atoms with Crippen LogP contribution < -0.4 is 10.2 Å². The standard InChI is InChI=1S/C16H24N4O/c1-16(2,3)13-6-7-14(19-18-13)20-9-8-11(10-20)15(21)17-12-4-5-12/h6-7,11-12H,4-5,8-10H2,1-3H3,(H,17,21). The normalized spacial score (nSPS) is 22.4. The lowest BCUT2D eigenvalue weighted by Crippen LogP contribution is -2.34. The summed E-state index contributed by atoms with van der Waals surface area (Å²) >= 11 is 0. The molecule has 0 bridgehead atoms. The highest BCUT2D eigenvalue weighted by atomic mass is 16.2. The van der Waals surface area contributed by atoms with E-state index < -0.39 is 0 Å². The highest BCUT2D eigenvalue weighted by Crippen LogP contribution is 2.26. The quantitative estimate of drug-likeness (QED) is 0.922. The molecular weight excluding hydrogens is 264 g/mol. The van der Waals surface area contributed by atoms with Gasteiger partial charge in [-0.1, -0.05) is 20.8 Å². The van der Waals surface area contributed by atoms with Gasteiger partial charge in [0.05, 0.1) is 11.6 Å². The van der Waals surface area contributed by atoms with Crippen LogP contribution in [-0.4, -0.2) is 35.2 Å². The molecule has 1 aliphatic carbocycles. The van der Waals surface area contributed by atoms with Crippen LogP contribution in [0.1, 0.15) is 45.7 Å². The molecule has 1 unspecified atom stereocenters. The lowest BCUT2D eigenvalue weighted by Gasteiger charge is -2.20. The van der Waals surface area contributed by atoms with Gasteiger partial charge in [0.2, 0.25) is 5.91 Å². The molecule has 1 saturated carbocycles. The second-order valence-electron chi connectivity index (χ2n) is 7.24. The first-order valence-corrected chi connectivity index (χ1v) is 7.83. The summed E-state index contributed by atoms with van der Waals surface area (Å²) in [4.78, 5) is 14.2. The van der Waals surface area contributed by atoms with Crippen molar-refractivity contribution in [1.82, 2.24) is 15.5 Å². The molecule has 2 heterocycles. The molecule has 5 nitrogen and oxygen atoms in total. The van der Waals surface area contributed by atoms with Gasteiger partial charge in [-0.15, -0.1) is 5.10 Å². The first-order chi connectivity index (χ1) is 9.93. The van der Waals surface area contributed by atoms with E-state index >= 15 is 0 Å². The Morgan fingerprint density at radius 2 is 2.00 bits per heavy atom. The van der Waals surface area contributed by atoms with Gasteiger partial charge in [0.15, 0.2) is 5.82 Å². The minimum absolute atomic E-state index is 0.0171. The molecule has 1 atom stereocenters. The second kappa shape index (κ2) is 5.28. The van der Waals surface area contributed by atoms with E-state index in [9.17, 15) is 4.79 Å². The Hall–Kier alpha value is -1.65. The predicted molar refractivity (Wildman–Crippen MR) is 82.2 cm³/mol. The van der Waals surface area contributed by atoms with E-state index in [1.165, 1.54) is 0 Å². The van der Waals surface area contributed by atoms with Gasteiger partial charge in [0, 0.05) is 24.5 Å². The van der Waals surface area contributed by atoms with Crippen molar-refractivity contribution < 1.29 is 4.79 Å². The van der Waals surface area contributed by atoms with E-state index in [1.807, 2.05) is 12.1 Å². The van der Waals surface area contributed by atoms with Crippen molar-refractivity contribution in [2.45, 2.75) is 51.5 Å². The first-order valence-electron chi connectivity index (χ1n) is 7.83. The number of hydrogen-bond acceptors (Lipinski definition) is 4. The number of rotatable bonds is 3. The van der Waals surface area contributed by atoms with Gasteiger partial charge in [-0.2, -0.15) is 5.10 Å². The summed E-state index contributed by atoms with van der Waals surface area (Å²) in [6.07, 6.45) is 3.19. The van der Waals surface area contributed by atoms with Gasteiger partial charge in [0.1, 0.15) is 0 Å². The molecule has 1 N–H and O–H groups in total. The molecule has 1 saturated heterocycles. The molecule has 1 aromatic heterocycles. The summed E-state index contributed by atoms with van der Waals surface area (Å²) < 4.78 is 0. The first kappa shape index (κ1) is 14.3. The van der Waals surface area contributed by atoms with Crippen molar-refractivity contribution in [3.8, 4) is 0 Å². The Bertz CT molecular complexity index is 516. The number of carbonyl (C=O) groups excluding carboxylic acids is 1. The predicted octanol–water partition coefficient (Wildman–Crippen LogP) is 1.88. The van der Waals surface area contributed by atoms with Crippen LogP contribution in [0.15, 0.2) is 12.1 Å². The van der Waals surface area contributed by atoms with Crippen LogP contribution in [0.2, 0.25) is 0 Å². The summed E-state index contributed by atoms with van der Waals surface area (Å²) in [7, 11) is 0. The number of amides is 1. The molecule has 1 aromatic rings. The van der Waals surface area contributed by atoms with Crippen molar-refractivity contribution in [3.05, 3.63) is 17.8 Å². The molecule has 5 heteroatoms. The van der Waals surface area contributed by atoms with Crippen molar-refractivity contribution in [2.75, 3.05) is 18.0 Å². The highest BCUT2D eigenvalue weighted by Gasteiger charge is 2.32. The topological polar surface area (TPSA) is 58.1 Å². The fourth-order valence-corrected chi connectivity index (χ4v) is 2.62. The molecule has 1 amide bonds. The Kier molecular flexibility index (Phi) is 3.59. The molecule has 114 valence electrons. The molecule has 0 aromatic carbocycles.